The molecule has 0 amide bonds. The van der Waals surface area contributed by atoms with Crippen molar-refractivity contribution in [3.63, 3.8) is 0 Å². The van der Waals surface area contributed by atoms with Gasteiger partial charge in [0.1, 0.15) is 0 Å². The molecule has 1 atom stereocenters. The molecule has 1 unspecified atom stereocenters. The maximum Gasteiger partial charge on any atom is 0.497 e. The molecule has 0 aromatic carbocycles. The average molecular weight is 240 g/mol. The van der Waals surface area contributed by atoms with Crippen molar-refractivity contribution in [3.8, 4) is 0 Å². The summed E-state index contributed by atoms with van der Waals surface area (Å²) in [6.45, 7) is 6.03. The number of aliphatic hydroxyl groups excluding tert-OH is 2. The molecule has 6 heteroatoms. The van der Waals surface area contributed by atoms with Gasteiger partial charge in [-0.3, -0.25) is 0 Å². The predicted octanol–water partition coefficient (Wildman–Crippen LogP) is 0.634. The van der Waals surface area contributed by atoms with Gasteiger partial charge in [0.2, 0.25) is 0 Å². The van der Waals surface area contributed by atoms with Gasteiger partial charge in [-0.1, -0.05) is 6.92 Å². The third kappa shape index (κ3) is 11.9. The minimum atomic E-state index is -2.22. The third-order valence-corrected chi connectivity index (χ3v) is 3.79. The lowest BCUT2D eigenvalue weighted by Gasteiger charge is -2.21. The Morgan fingerprint density at radius 3 is 1.87 bits per heavy atom. The monoisotopic (exact) mass is 240 g/mol. The Balaban J connectivity index is 0. The zero-order valence-corrected chi connectivity index (χ0v) is 11.3. The van der Waals surface area contributed by atoms with Crippen molar-refractivity contribution in [1.29, 1.82) is 0 Å². The molecule has 0 aliphatic carbocycles. The van der Waals surface area contributed by atoms with Gasteiger partial charge in [0.05, 0.1) is 12.7 Å². The molecule has 0 rings (SSSR count). The summed E-state index contributed by atoms with van der Waals surface area (Å²) in [4.78, 5) is 0. The fourth-order valence-corrected chi connectivity index (χ4v) is 1.47. The molecule has 0 spiro atoms. The van der Waals surface area contributed by atoms with E-state index in [-0.39, 0.29) is 6.61 Å². The average Bonchev–Trinajstić information content (AvgIpc) is 2.26. The van der Waals surface area contributed by atoms with Crippen LogP contribution < -0.4 is 0 Å². The quantitative estimate of drug-likeness (QED) is 0.667. The van der Waals surface area contributed by atoms with Crippen molar-refractivity contribution < 1.29 is 23.5 Å². The molecule has 0 bridgehead atoms. The highest BCUT2D eigenvalue weighted by molar-refractivity contribution is 6.59. The largest absolute Gasteiger partial charge is 0.497 e. The van der Waals surface area contributed by atoms with Crippen LogP contribution in [0.15, 0.2) is 0 Å². The highest BCUT2D eigenvalue weighted by Gasteiger charge is 2.31. The van der Waals surface area contributed by atoms with E-state index < -0.39 is 14.9 Å². The zero-order valence-electron chi connectivity index (χ0n) is 10.3. The minimum Gasteiger partial charge on any atom is -0.394 e. The van der Waals surface area contributed by atoms with Gasteiger partial charge in [-0.25, -0.2) is 0 Å². The van der Waals surface area contributed by atoms with Crippen molar-refractivity contribution in [2.45, 2.75) is 32.9 Å². The summed E-state index contributed by atoms with van der Waals surface area (Å²) >= 11 is 0. The molecular formula is C9H24O5Si. The zero-order chi connectivity index (χ0) is 12.3. The lowest BCUT2D eigenvalue weighted by Crippen LogP contribution is -2.40. The maximum atomic E-state index is 8.11. The second kappa shape index (κ2) is 10.5. The van der Waals surface area contributed by atoms with Gasteiger partial charge in [0.15, 0.2) is 0 Å². The van der Waals surface area contributed by atoms with Crippen LogP contribution in [0.5, 0.6) is 0 Å². The van der Waals surface area contributed by atoms with Crippen molar-refractivity contribution >= 4 is 8.80 Å². The van der Waals surface area contributed by atoms with Crippen molar-refractivity contribution in [2.24, 2.45) is 0 Å². The highest BCUT2D eigenvalue weighted by atomic mass is 28.4. The Hall–Kier alpha value is 0.0169. The second-order valence-electron chi connectivity index (χ2n) is 3.15. The first kappa shape index (κ1) is 17.4. The fraction of sp³-hybridized carbons (Fsp3) is 1.00. The number of rotatable bonds is 6. The topological polar surface area (TPSA) is 68.2 Å². The van der Waals surface area contributed by atoms with E-state index in [1.54, 1.807) is 14.2 Å². The molecule has 0 radical (unpaired) electrons. The van der Waals surface area contributed by atoms with Crippen LogP contribution in [0.25, 0.3) is 0 Å². The summed E-state index contributed by atoms with van der Waals surface area (Å²) in [6, 6.07) is 0. The molecule has 94 valence electrons. The fourth-order valence-electron chi connectivity index (χ4n) is 0.489. The smallest absolute Gasteiger partial charge is 0.394 e. The van der Waals surface area contributed by atoms with Crippen LogP contribution in [-0.4, -0.2) is 52.6 Å². The number of hydrogen-bond acceptors (Lipinski definition) is 5. The summed E-state index contributed by atoms with van der Waals surface area (Å²) in [6.07, 6.45) is 0.435. The van der Waals surface area contributed by atoms with Gasteiger partial charge in [0, 0.05) is 27.4 Å². The maximum absolute atomic E-state index is 8.11. The Bertz CT molecular complexity index is 128. The van der Waals surface area contributed by atoms with Crippen LogP contribution in [0, 0.1) is 0 Å². The van der Waals surface area contributed by atoms with E-state index in [1.807, 2.05) is 6.55 Å². The summed E-state index contributed by atoms with van der Waals surface area (Å²) in [5.41, 5.74) is 0. The highest BCUT2D eigenvalue weighted by Crippen LogP contribution is 2.05. The van der Waals surface area contributed by atoms with Gasteiger partial charge >= 0.3 is 8.80 Å². The summed E-state index contributed by atoms with van der Waals surface area (Å²) < 4.78 is 15.5. The van der Waals surface area contributed by atoms with E-state index in [9.17, 15) is 0 Å². The lowest BCUT2D eigenvalue weighted by molar-refractivity contribution is 0.106. The summed E-state index contributed by atoms with van der Waals surface area (Å²) in [7, 11) is 1.01. The van der Waals surface area contributed by atoms with E-state index in [0.717, 1.165) is 6.42 Å². The van der Waals surface area contributed by atoms with Crippen LogP contribution in [0.2, 0.25) is 6.55 Å². The van der Waals surface area contributed by atoms with Crippen LogP contribution in [-0.2, 0) is 13.3 Å². The van der Waals surface area contributed by atoms with Crippen molar-refractivity contribution in [2.75, 3.05) is 27.4 Å². The molecule has 0 aliphatic heterocycles. The lowest BCUT2D eigenvalue weighted by atomic mass is 10.5. The molecule has 15 heavy (non-hydrogen) atoms. The first-order valence-electron chi connectivity index (χ1n) is 4.98. The van der Waals surface area contributed by atoms with E-state index >= 15 is 0 Å². The Morgan fingerprint density at radius 1 is 1.27 bits per heavy atom. The molecule has 0 saturated carbocycles. The molecule has 0 saturated heterocycles. The molecular weight excluding hydrogens is 216 g/mol. The van der Waals surface area contributed by atoms with Crippen molar-refractivity contribution in [3.05, 3.63) is 0 Å². The molecule has 0 aromatic rings. The first-order valence-corrected chi connectivity index (χ1v) is 7.21. The van der Waals surface area contributed by atoms with Crippen LogP contribution >= 0.6 is 0 Å². The Labute approximate surface area is 93.3 Å². The first-order chi connectivity index (χ1) is 6.95. The third-order valence-electron chi connectivity index (χ3n) is 1.57. The minimum absolute atomic E-state index is 0.139. The molecule has 5 nitrogen and oxygen atoms in total. The number of hydrogen-bond donors (Lipinski definition) is 2. The Morgan fingerprint density at radius 2 is 1.67 bits per heavy atom. The summed E-state index contributed by atoms with van der Waals surface area (Å²) in [5, 5.41) is 16.0. The second-order valence-corrected chi connectivity index (χ2v) is 5.98. The van der Waals surface area contributed by atoms with Crippen molar-refractivity contribution in [1.82, 2.24) is 0 Å². The molecule has 0 aliphatic rings. The van der Waals surface area contributed by atoms with Crippen LogP contribution in [0.1, 0.15) is 20.3 Å². The van der Waals surface area contributed by atoms with Gasteiger partial charge in [-0.15, -0.1) is 0 Å². The number of aliphatic hydroxyl groups is 2. The molecule has 0 fully saturated rings. The molecule has 0 aromatic heterocycles. The van der Waals surface area contributed by atoms with Gasteiger partial charge < -0.3 is 23.5 Å². The van der Waals surface area contributed by atoms with E-state index in [0.29, 0.717) is 6.61 Å². The molecule has 0 heterocycles. The van der Waals surface area contributed by atoms with Gasteiger partial charge in [-0.05, 0) is 13.3 Å². The van der Waals surface area contributed by atoms with Gasteiger partial charge in [0.25, 0.3) is 0 Å². The van der Waals surface area contributed by atoms with E-state index in [4.69, 9.17) is 23.5 Å². The van der Waals surface area contributed by atoms with Crippen LogP contribution in [0.3, 0.4) is 0 Å². The SMILES string of the molecule is CC(O)CO.CCCO[Si](C)(OC)OC. The summed E-state index contributed by atoms with van der Waals surface area (Å²) in [5.74, 6) is 0. The van der Waals surface area contributed by atoms with Gasteiger partial charge in [-0.2, -0.15) is 0 Å². The predicted molar refractivity (Wildman–Crippen MR) is 60.6 cm³/mol. The van der Waals surface area contributed by atoms with Crippen LogP contribution in [0.4, 0.5) is 0 Å². The Kier molecular flexibility index (Phi) is 12.2. The normalized spacial score (nSPS) is 13.0. The molecule has 2 N–H and O–H groups in total. The standard InChI is InChI=1S/C6H16O3Si.C3H8O2/c1-5-6-9-10(4,7-2)8-3;1-3(5)2-4/h5-6H2,1-4H3;3-5H,2H2,1H3. The van der Waals surface area contributed by atoms with E-state index in [2.05, 4.69) is 6.92 Å². The van der Waals surface area contributed by atoms with E-state index in [1.165, 1.54) is 6.92 Å².